The lowest BCUT2D eigenvalue weighted by molar-refractivity contribution is 0.0597. The fourth-order valence-corrected chi connectivity index (χ4v) is 4.71. The summed E-state index contributed by atoms with van der Waals surface area (Å²) >= 11 is 0. The molecule has 1 aliphatic rings. The van der Waals surface area contributed by atoms with Crippen LogP contribution in [0.4, 0.5) is 11.8 Å². The summed E-state index contributed by atoms with van der Waals surface area (Å²) in [7, 11) is 2.90. The van der Waals surface area contributed by atoms with Crippen molar-refractivity contribution in [3.8, 4) is 22.6 Å². The Hall–Kier alpha value is -3.81. The van der Waals surface area contributed by atoms with Gasteiger partial charge in [0.2, 0.25) is 5.95 Å². The zero-order valence-electron chi connectivity index (χ0n) is 21.1. The molecule has 0 saturated heterocycles. The van der Waals surface area contributed by atoms with E-state index >= 15 is 0 Å². The number of ether oxygens (including phenoxy) is 3. The molecular weight excluding hydrogens is 444 g/mol. The standard InChI is InChI=1S/C27H32N4O4/c1-15(2)23-17(4)29-27(28)30-25(23)31-9-10-35-24-16(3)11-19(12-20(24)14-31)18-7-8-21(26(32)34-6)22(13-18)33-5/h7-8,11-13,15H,9-10,14H2,1-6H3,(H2,28,29,30). The lowest BCUT2D eigenvalue weighted by atomic mass is 9.97. The highest BCUT2D eigenvalue weighted by atomic mass is 16.5. The monoisotopic (exact) mass is 476 g/mol. The molecule has 0 atom stereocenters. The summed E-state index contributed by atoms with van der Waals surface area (Å²) in [5, 5.41) is 0. The van der Waals surface area contributed by atoms with Crippen LogP contribution in [0.5, 0.6) is 11.5 Å². The van der Waals surface area contributed by atoms with Crippen LogP contribution in [0.3, 0.4) is 0 Å². The molecule has 0 spiro atoms. The van der Waals surface area contributed by atoms with Crippen LogP contribution in [0, 0.1) is 13.8 Å². The van der Waals surface area contributed by atoms with Gasteiger partial charge in [-0.05, 0) is 60.7 Å². The summed E-state index contributed by atoms with van der Waals surface area (Å²) in [6, 6.07) is 9.70. The highest BCUT2D eigenvalue weighted by Gasteiger charge is 2.24. The lowest BCUT2D eigenvalue weighted by Gasteiger charge is -2.26. The van der Waals surface area contributed by atoms with Crippen molar-refractivity contribution >= 4 is 17.7 Å². The summed E-state index contributed by atoms with van der Waals surface area (Å²) in [5.41, 5.74) is 12.4. The molecule has 4 rings (SSSR count). The summed E-state index contributed by atoms with van der Waals surface area (Å²) < 4.78 is 16.5. The van der Waals surface area contributed by atoms with E-state index in [4.69, 9.17) is 19.9 Å². The van der Waals surface area contributed by atoms with Gasteiger partial charge in [0.05, 0.1) is 20.8 Å². The molecule has 0 amide bonds. The number of nitrogens with zero attached hydrogens (tertiary/aromatic N) is 3. The topological polar surface area (TPSA) is 99.8 Å². The second-order valence-corrected chi connectivity index (χ2v) is 9.02. The number of rotatable bonds is 5. The molecule has 8 heteroatoms. The Bertz CT molecular complexity index is 1270. The van der Waals surface area contributed by atoms with Gasteiger partial charge in [-0.1, -0.05) is 19.9 Å². The molecule has 1 aromatic heterocycles. The molecule has 0 fully saturated rings. The van der Waals surface area contributed by atoms with Crippen LogP contribution in [0.2, 0.25) is 0 Å². The molecule has 0 radical (unpaired) electrons. The minimum absolute atomic E-state index is 0.253. The van der Waals surface area contributed by atoms with E-state index in [1.165, 1.54) is 7.11 Å². The average molecular weight is 477 g/mol. The number of hydrogen-bond donors (Lipinski definition) is 1. The maximum atomic E-state index is 12.1. The number of anilines is 2. The highest BCUT2D eigenvalue weighted by molar-refractivity contribution is 5.93. The predicted octanol–water partition coefficient (Wildman–Crippen LogP) is 4.66. The smallest absolute Gasteiger partial charge is 0.341 e. The molecule has 0 aliphatic carbocycles. The molecule has 35 heavy (non-hydrogen) atoms. The normalized spacial score (nSPS) is 13.2. The van der Waals surface area contributed by atoms with Crippen molar-refractivity contribution in [2.45, 2.75) is 40.2 Å². The third kappa shape index (κ3) is 4.73. The van der Waals surface area contributed by atoms with E-state index in [0.717, 1.165) is 45.1 Å². The molecule has 184 valence electrons. The van der Waals surface area contributed by atoms with E-state index in [-0.39, 0.29) is 11.9 Å². The number of benzene rings is 2. The number of esters is 1. The fraction of sp³-hybridized carbons (Fsp3) is 0.370. The van der Waals surface area contributed by atoms with Gasteiger partial charge < -0.3 is 24.8 Å². The first-order valence-electron chi connectivity index (χ1n) is 11.7. The SMILES string of the molecule is COC(=O)c1ccc(-c2cc(C)c3c(c2)CN(c2nc(N)nc(C)c2C(C)C)CCO3)cc1OC. The van der Waals surface area contributed by atoms with Crippen LogP contribution in [-0.4, -0.2) is 43.3 Å². The van der Waals surface area contributed by atoms with E-state index in [0.29, 0.717) is 31.0 Å². The quantitative estimate of drug-likeness (QED) is 0.531. The van der Waals surface area contributed by atoms with Crippen LogP contribution >= 0.6 is 0 Å². The van der Waals surface area contributed by atoms with Crippen molar-refractivity contribution in [1.29, 1.82) is 0 Å². The second kappa shape index (κ2) is 9.82. The Morgan fingerprint density at radius 2 is 1.89 bits per heavy atom. The van der Waals surface area contributed by atoms with Crippen molar-refractivity contribution in [1.82, 2.24) is 9.97 Å². The number of nitrogens with two attached hydrogens (primary N) is 1. The van der Waals surface area contributed by atoms with Crippen LogP contribution < -0.4 is 20.1 Å². The van der Waals surface area contributed by atoms with E-state index in [9.17, 15) is 4.79 Å². The van der Waals surface area contributed by atoms with Gasteiger partial charge >= 0.3 is 5.97 Å². The van der Waals surface area contributed by atoms with Gasteiger partial charge in [0.1, 0.15) is 29.5 Å². The van der Waals surface area contributed by atoms with E-state index in [1.807, 2.05) is 26.0 Å². The Labute approximate surface area is 206 Å². The molecule has 0 saturated carbocycles. The van der Waals surface area contributed by atoms with Gasteiger partial charge in [0.25, 0.3) is 0 Å². The number of carbonyl (C=O) groups excluding carboxylic acids is 1. The van der Waals surface area contributed by atoms with Crippen molar-refractivity contribution in [3.63, 3.8) is 0 Å². The van der Waals surface area contributed by atoms with Gasteiger partial charge in [0.15, 0.2) is 0 Å². The summed E-state index contributed by atoms with van der Waals surface area (Å²) in [5.74, 6) is 2.30. The molecule has 2 aromatic carbocycles. The molecule has 0 bridgehead atoms. The van der Waals surface area contributed by atoms with Crippen LogP contribution in [0.25, 0.3) is 11.1 Å². The maximum absolute atomic E-state index is 12.1. The van der Waals surface area contributed by atoms with Gasteiger partial charge in [-0.2, -0.15) is 4.98 Å². The third-order valence-electron chi connectivity index (χ3n) is 6.27. The second-order valence-electron chi connectivity index (χ2n) is 9.02. The highest BCUT2D eigenvalue weighted by Crippen LogP contribution is 2.37. The van der Waals surface area contributed by atoms with Gasteiger partial charge in [-0.15, -0.1) is 0 Å². The number of nitrogen functional groups attached to an aromatic ring is 1. The van der Waals surface area contributed by atoms with Crippen molar-refractivity contribution in [2.24, 2.45) is 0 Å². The van der Waals surface area contributed by atoms with Gasteiger partial charge in [0, 0.05) is 23.4 Å². The lowest BCUT2D eigenvalue weighted by Crippen LogP contribution is -2.28. The van der Waals surface area contributed by atoms with Crippen LogP contribution in [-0.2, 0) is 11.3 Å². The number of hydrogen-bond acceptors (Lipinski definition) is 8. The molecule has 8 nitrogen and oxygen atoms in total. The molecular formula is C27H32N4O4. The fourth-order valence-electron chi connectivity index (χ4n) is 4.71. The maximum Gasteiger partial charge on any atom is 0.341 e. The number of carbonyl (C=O) groups is 1. The first-order chi connectivity index (χ1) is 16.7. The Balaban J connectivity index is 1.77. The largest absolute Gasteiger partial charge is 0.496 e. The van der Waals surface area contributed by atoms with E-state index in [1.54, 1.807) is 13.2 Å². The first-order valence-corrected chi connectivity index (χ1v) is 11.7. The molecule has 2 heterocycles. The Kier molecular flexibility index (Phi) is 6.82. The number of fused-ring (bicyclic) bond motifs is 1. The summed E-state index contributed by atoms with van der Waals surface area (Å²) in [6.45, 7) is 10.1. The first kappa shape index (κ1) is 24.3. The summed E-state index contributed by atoms with van der Waals surface area (Å²) in [4.78, 5) is 23.3. The Morgan fingerprint density at radius 1 is 1.11 bits per heavy atom. The van der Waals surface area contributed by atoms with Crippen LogP contribution in [0.1, 0.15) is 52.5 Å². The van der Waals surface area contributed by atoms with Crippen molar-refractivity contribution in [2.75, 3.05) is 38.0 Å². The van der Waals surface area contributed by atoms with Gasteiger partial charge in [-0.25, -0.2) is 9.78 Å². The van der Waals surface area contributed by atoms with E-state index in [2.05, 4.69) is 40.8 Å². The van der Waals surface area contributed by atoms with Crippen LogP contribution in [0.15, 0.2) is 30.3 Å². The number of aryl methyl sites for hydroxylation is 2. The minimum atomic E-state index is -0.434. The molecule has 3 aromatic rings. The van der Waals surface area contributed by atoms with Gasteiger partial charge in [-0.3, -0.25) is 0 Å². The summed E-state index contributed by atoms with van der Waals surface area (Å²) in [6.07, 6.45) is 0. The zero-order valence-corrected chi connectivity index (χ0v) is 21.1. The van der Waals surface area contributed by atoms with E-state index < -0.39 is 5.97 Å². The third-order valence-corrected chi connectivity index (χ3v) is 6.27. The van der Waals surface area contributed by atoms with Crippen molar-refractivity contribution < 1.29 is 19.0 Å². The molecule has 0 unspecified atom stereocenters. The molecule has 1 aliphatic heterocycles. The number of methoxy groups -OCH3 is 2. The van der Waals surface area contributed by atoms with Crippen molar-refractivity contribution in [3.05, 3.63) is 58.3 Å². The number of aromatic nitrogens is 2. The predicted molar refractivity (Wildman–Crippen MR) is 136 cm³/mol. The minimum Gasteiger partial charge on any atom is -0.496 e. The molecule has 2 N–H and O–H groups in total. The Morgan fingerprint density at radius 3 is 2.57 bits per heavy atom. The average Bonchev–Trinajstić information content (AvgIpc) is 3.05. The zero-order chi connectivity index (χ0) is 25.3.